The van der Waals surface area contributed by atoms with Crippen LogP contribution in [-0.2, 0) is 16.1 Å². The van der Waals surface area contributed by atoms with E-state index in [0.717, 1.165) is 12.0 Å². The number of methoxy groups -OCH3 is 1. The Hall–Kier alpha value is -4.53. The highest BCUT2D eigenvalue weighted by Crippen LogP contribution is 2.31. The van der Waals surface area contributed by atoms with Crippen molar-refractivity contribution in [2.45, 2.75) is 20.3 Å². The Morgan fingerprint density at radius 1 is 1.05 bits per heavy atom. The number of amides is 1. The molecule has 2 aromatic carbocycles. The van der Waals surface area contributed by atoms with Gasteiger partial charge in [-0.2, -0.15) is 4.99 Å². The second kappa shape index (κ2) is 11.5. The van der Waals surface area contributed by atoms with Gasteiger partial charge >= 0.3 is 0 Å². The quantitative estimate of drug-likeness (QED) is 0.269. The number of benzene rings is 2. The maximum absolute atomic E-state index is 12.5. The van der Waals surface area contributed by atoms with Crippen LogP contribution in [0.1, 0.15) is 25.0 Å². The summed E-state index contributed by atoms with van der Waals surface area (Å²) in [6.07, 6.45) is 5.78. The van der Waals surface area contributed by atoms with E-state index >= 15 is 0 Å². The summed E-state index contributed by atoms with van der Waals surface area (Å²) in [5, 5.41) is 9.61. The van der Waals surface area contributed by atoms with Crippen molar-refractivity contribution in [1.29, 1.82) is 5.41 Å². The Morgan fingerprint density at radius 3 is 2.49 bits per heavy atom. The molecule has 4 rings (SSSR count). The molecule has 0 fully saturated rings. The number of amidine groups is 2. The fraction of sp³-hybridized carbons (Fsp3) is 0.250. The number of ether oxygens (including phenoxy) is 4. The Balaban J connectivity index is 1.43. The van der Waals surface area contributed by atoms with Gasteiger partial charge in [-0.1, -0.05) is 18.2 Å². The molecule has 2 heterocycles. The van der Waals surface area contributed by atoms with Gasteiger partial charge in [-0.3, -0.25) is 10.2 Å². The minimum atomic E-state index is -0.505. The second-order valence-electron chi connectivity index (χ2n) is 8.14. The van der Waals surface area contributed by atoms with Crippen LogP contribution in [0.2, 0.25) is 0 Å². The molecule has 0 aromatic heterocycles. The maximum Gasteiger partial charge on any atom is 0.282 e. The summed E-state index contributed by atoms with van der Waals surface area (Å²) in [4.78, 5) is 22.0. The first-order valence-corrected chi connectivity index (χ1v) is 11.8. The molecule has 192 valence electrons. The topological polar surface area (TPSA) is 103 Å². The molecule has 37 heavy (non-hydrogen) atoms. The molecule has 0 radical (unpaired) electrons. The van der Waals surface area contributed by atoms with Gasteiger partial charge in [0.05, 0.1) is 19.3 Å². The zero-order valence-electron chi connectivity index (χ0n) is 21.1. The standard InChI is InChI=1S/C28H29N3O6/c1-5-7-19-8-10-22(24(16-19)33-4)35-12-13-36-23-11-9-20(17-25(23)34-6-2)15-21-27(29)31-26(30-28(21)32)14-18(3)37-31/h5,8-11,14-17,29H,1,6-7,12-13H2,2-4H3/b21-15-,29-27?. The van der Waals surface area contributed by atoms with Crippen molar-refractivity contribution in [2.75, 3.05) is 26.9 Å². The minimum absolute atomic E-state index is 0.0773. The fourth-order valence-electron chi connectivity index (χ4n) is 3.80. The zero-order valence-corrected chi connectivity index (χ0v) is 21.1. The summed E-state index contributed by atoms with van der Waals surface area (Å²) in [7, 11) is 1.60. The first kappa shape index (κ1) is 25.6. The third-order valence-electron chi connectivity index (χ3n) is 5.47. The van der Waals surface area contributed by atoms with Crippen LogP contribution in [0.15, 0.2) is 71.5 Å². The lowest BCUT2D eigenvalue weighted by atomic mass is 10.1. The first-order valence-electron chi connectivity index (χ1n) is 11.8. The van der Waals surface area contributed by atoms with Crippen molar-refractivity contribution < 1.29 is 28.6 Å². The molecule has 9 nitrogen and oxygen atoms in total. The van der Waals surface area contributed by atoms with Gasteiger partial charge in [0.1, 0.15) is 19.0 Å². The van der Waals surface area contributed by atoms with Gasteiger partial charge in [-0.25, -0.2) is 0 Å². The van der Waals surface area contributed by atoms with Crippen molar-refractivity contribution >= 4 is 23.7 Å². The number of aliphatic imine (C=N–C) groups is 1. The van der Waals surface area contributed by atoms with Crippen molar-refractivity contribution in [2.24, 2.45) is 4.99 Å². The predicted octanol–water partition coefficient (Wildman–Crippen LogP) is 4.73. The molecule has 2 aliphatic heterocycles. The summed E-state index contributed by atoms with van der Waals surface area (Å²) in [5.74, 6) is 2.60. The lowest BCUT2D eigenvalue weighted by molar-refractivity contribution is -0.114. The molecule has 0 unspecified atom stereocenters. The number of carbonyl (C=O) groups is 1. The van der Waals surface area contributed by atoms with Crippen molar-refractivity contribution in [3.8, 4) is 23.0 Å². The summed E-state index contributed by atoms with van der Waals surface area (Å²) in [6, 6.07) is 11.0. The number of carbonyl (C=O) groups excluding carboxylic acids is 1. The number of rotatable bonds is 11. The van der Waals surface area contributed by atoms with Crippen LogP contribution in [0.5, 0.6) is 23.0 Å². The third-order valence-corrected chi connectivity index (χ3v) is 5.47. The maximum atomic E-state index is 12.5. The lowest BCUT2D eigenvalue weighted by Crippen LogP contribution is -2.38. The number of nitrogens with one attached hydrogen (secondary N) is 1. The van der Waals surface area contributed by atoms with E-state index in [1.165, 1.54) is 5.06 Å². The molecule has 0 atom stereocenters. The van der Waals surface area contributed by atoms with Crippen LogP contribution < -0.4 is 18.9 Å². The average Bonchev–Trinajstić information content (AvgIpc) is 3.26. The molecule has 0 spiro atoms. The predicted molar refractivity (Wildman–Crippen MR) is 140 cm³/mol. The Bertz CT molecular complexity index is 1310. The summed E-state index contributed by atoms with van der Waals surface area (Å²) >= 11 is 0. The van der Waals surface area contributed by atoms with Crippen LogP contribution in [0.3, 0.4) is 0 Å². The number of nitrogens with zero attached hydrogens (tertiary/aromatic N) is 2. The minimum Gasteiger partial charge on any atom is -0.493 e. The van der Waals surface area contributed by atoms with Gasteiger partial charge in [0.25, 0.3) is 5.91 Å². The monoisotopic (exact) mass is 503 g/mol. The van der Waals surface area contributed by atoms with Crippen molar-refractivity contribution in [1.82, 2.24) is 5.06 Å². The molecule has 9 heteroatoms. The van der Waals surface area contributed by atoms with E-state index in [1.54, 1.807) is 44.4 Å². The Labute approximate surface area is 215 Å². The van der Waals surface area contributed by atoms with Gasteiger partial charge in [0.2, 0.25) is 0 Å². The highest BCUT2D eigenvalue weighted by Gasteiger charge is 2.34. The number of hydroxylamine groups is 2. The summed E-state index contributed by atoms with van der Waals surface area (Å²) < 4.78 is 23.0. The SMILES string of the molecule is C=CCc1ccc(OCCOc2ccc(/C=C3/C(=N)N4OC(C)=CC4=NC3=O)cc2OCC)c(OC)c1. The summed E-state index contributed by atoms with van der Waals surface area (Å²) in [6.45, 7) is 8.36. The van der Waals surface area contributed by atoms with Crippen molar-refractivity contribution in [3.05, 3.63) is 77.6 Å². The van der Waals surface area contributed by atoms with E-state index in [4.69, 9.17) is 29.2 Å². The summed E-state index contributed by atoms with van der Waals surface area (Å²) in [5.41, 5.74) is 1.86. The molecular formula is C28H29N3O6. The van der Waals surface area contributed by atoms with Gasteiger partial charge in [0.15, 0.2) is 34.7 Å². The number of hydrogen-bond acceptors (Lipinski definition) is 7. The Morgan fingerprint density at radius 2 is 1.78 bits per heavy atom. The normalized spacial score (nSPS) is 15.5. The fourth-order valence-corrected chi connectivity index (χ4v) is 3.80. The van der Waals surface area contributed by atoms with Crippen LogP contribution in [0.25, 0.3) is 6.08 Å². The molecule has 0 saturated carbocycles. The third kappa shape index (κ3) is 5.83. The number of allylic oxidation sites excluding steroid dienone is 2. The average molecular weight is 504 g/mol. The van der Waals surface area contributed by atoms with E-state index < -0.39 is 5.91 Å². The first-order chi connectivity index (χ1) is 17.9. The molecule has 0 aliphatic carbocycles. The molecule has 0 bridgehead atoms. The van der Waals surface area contributed by atoms with Crippen molar-refractivity contribution in [3.63, 3.8) is 0 Å². The number of hydrogen-bond donors (Lipinski definition) is 1. The lowest BCUT2D eigenvalue weighted by Gasteiger charge is -2.23. The molecule has 0 saturated heterocycles. The van der Waals surface area contributed by atoms with Gasteiger partial charge in [-0.05, 0) is 61.7 Å². The molecule has 1 amide bonds. The van der Waals surface area contributed by atoms with E-state index in [2.05, 4.69) is 11.6 Å². The van der Waals surface area contributed by atoms with Crippen LogP contribution >= 0.6 is 0 Å². The van der Waals surface area contributed by atoms with Gasteiger partial charge in [-0.15, -0.1) is 11.6 Å². The van der Waals surface area contributed by atoms with Crippen LogP contribution in [0.4, 0.5) is 0 Å². The highest BCUT2D eigenvalue weighted by molar-refractivity contribution is 6.32. The zero-order chi connectivity index (χ0) is 26.4. The molecular weight excluding hydrogens is 474 g/mol. The van der Waals surface area contributed by atoms with Gasteiger partial charge in [0, 0.05) is 6.08 Å². The molecule has 2 aromatic rings. The van der Waals surface area contributed by atoms with Crippen LogP contribution in [0, 0.1) is 5.41 Å². The smallest absolute Gasteiger partial charge is 0.282 e. The largest absolute Gasteiger partial charge is 0.493 e. The van der Waals surface area contributed by atoms with E-state index in [0.29, 0.717) is 53.4 Å². The number of fused-ring (bicyclic) bond motifs is 1. The van der Waals surface area contributed by atoms with Crippen LogP contribution in [-0.4, -0.2) is 49.6 Å². The van der Waals surface area contributed by atoms with E-state index in [1.807, 2.05) is 31.2 Å². The van der Waals surface area contributed by atoms with E-state index in [-0.39, 0.29) is 18.0 Å². The second-order valence-corrected chi connectivity index (χ2v) is 8.14. The van der Waals surface area contributed by atoms with Gasteiger partial charge < -0.3 is 23.8 Å². The molecule has 2 aliphatic rings. The molecule has 1 N–H and O–H groups in total. The highest BCUT2D eigenvalue weighted by atomic mass is 16.7. The Kier molecular flexibility index (Phi) is 7.92. The van der Waals surface area contributed by atoms with E-state index in [9.17, 15) is 4.79 Å².